The average molecular weight is 333 g/mol. The second kappa shape index (κ2) is 5.84. The van der Waals surface area contributed by atoms with Gasteiger partial charge in [-0.15, -0.1) is 0 Å². The first kappa shape index (κ1) is 15.6. The van der Waals surface area contributed by atoms with Gasteiger partial charge in [0.25, 0.3) is 5.91 Å². The van der Waals surface area contributed by atoms with E-state index in [0.717, 1.165) is 16.9 Å². The van der Waals surface area contributed by atoms with Gasteiger partial charge in [-0.05, 0) is 62.2 Å². The van der Waals surface area contributed by atoms with E-state index < -0.39 is 0 Å². The maximum Gasteiger partial charge on any atom is 0.255 e. The number of ketones is 1. The van der Waals surface area contributed by atoms with Crippen molar-refractivity contribution in [2.45, 2.75) is 25.7 Å². The molecule has 1 N–H and O–H groups in total. The first-order valence-corrected chi connectivity index (χ1v) is 8.41. The monoisotopic (exact) mass is 333 g/mol. The van der Waals surface area contributed by atoms with Crippen LogP contribution in [0.15, 0.2) is 42.5 Å². The van der Waals surface area contributed by atoms with Gasteiger partial charge in [-0.25, -0.2) is 4.98 Å². The quantitative estimate of drug-likeness (QED) is 0.736. The maximum atomic E-state index is 12.5. The summed E-state index contributed by atoms with van der Waals surface area (Å²) in [6.07, 6.45) is 2.39. The molecule has 126 valence electrons. The Bertz CT molecular complexity index is 982. The van der Waals surface area contributed by atoms with Crippen molar-refractivity contribution in [2.75, 3.05) is 5.32 Å². The second-order valence-electron chi connectivity index (χ2n) is 6.59. The molecule has 1 aromatic heterocycles. The van der Waals surface area contributed by atoms with E-state index in [1.165, 1.54) is 19.8 Å². The van der Waals surface area contributed by atoms with Crippen molar-refractivity contribution in [3.8, 4) is 0 Å². The zero-order valence-electron chi connectivity index (χ0n) is 14.2. The topological polar surface area (TPSA) is 64.0 Å². The molecule has 0 bridgehead atoms. The summed E-state index contributed by atoms with van der Waals surface area (Å²) in [5.41, 5.74) is 3.76. The molecule has 1 saturated carbocycles. The van der Waals surface area contributed by atoms with E-state index in [2.05, 4.69) is 9.88 Å². The molecule has 0 atom stereocenters. The summed E-state index contributed by atoms with van der Waals surface area (Å²) >= 11 is 0. The van der Waals surface area contributed by atoms with Crippen LogP contribution in [0.5, 0.6) is 0 Å². The van der Waals surface area contributed by atoms with Crippen molar-refractivity contribution >= 4 is 28.4 Å². The number of carbonyl (C=O) groups excluding carboxylic acids is 2. The molecule has 0 radical (unpaired) electrons. The Morgan fingerprint density at radius 2 is 1.76 bits per heavy atom. The lowest BCUT2D eigenvalue weighted by molar-refractivity contribution is 0.101. The number of hydrogen-bond donors (Lipinski definition) is 1. The third-order valence-corrected chi connectivity index (χ3v) is 4.67. The van der Waals surface area contributed by atoms with Gasteiger partial charge in [-0.3, -0.25) is 9.59 Å². The highest BCUT2D eigenvalue weighted by molar-refractivity contribution is 6.06. The number of fused-ring (bicyclic) bond motifs is 1. The van der Waals surface area contributed by atoms with Crippen LogP contribution in [-0.4, -0.2) is 21.2 Å². The highest BCUT2D eigenvalue weighted by Gasteiger charge is 2.28. The van der Waals surface area contributed by atoms with E-state index in [9.17, 15) is 9.59 Å². The third kappa shape index (κ3) is 2.93. The van der Waals surface area contributed by atoms with Crippen molar-refractivity contribution in [3.05, 3.63) is 59.4 Å². The van der Waals surface area contributed by atoms with Crippen LogP contribution < -0.4 is 5.32 Å². The fourth-order valence-corrected chi connectivity index (χ4v) is 3.06. The lowest BCUT2D eigenvalue weighted by Gasteiger charge is -2.06. The summed E-state index contributed by atoms with van der Waals surface area (Å²) in [6.45, 7) is 1.52. The van der Waals surface area contributed by atoms with E-state index in [0.29, 0.717) is 22.7 Å². The van der Waals surface area contributed by atoms with Crippen LogP contribution >= 0.6 is 0 Å². The van der Waals surface area contributed by atoms with Gasteiger partial charge in [-0.1, -0.05) is 0 Å². The Morgan fingerprint density at radius 1 is 1.08 bits per heavy atom. The molecular formula is C20H19N3O2. The molecule has 4 rings (SSSR count). The summed E-state index contributed by atoms with van der Waals surface area (Å²) in [6, 6.07) is 12.5. The molecule has 1 heterocycles. The Kier molecular flexibility index (Phi) is 3.64. The number of benzene rings is 2. The average Bonchev–Trinajstić information content (AvgIpc) is 3.39. The van der Waals surface area contributed by atoms with Crippen LogP contribution in [-0.2, 0) is 7.05 Å². The zero-order chi connectivity index (χ0) is 17.6. The van der Waals surface area contributed by atoms with Crippen LogP contribution in [0.2, 0.25) is 0 Å². The molecule has 0 saturated heterocycles. The molecule has 0 aliphatic heterocycles. The van der Waals surface area contributed by atoms with Gasteiger partial charge < -0.3 is 9.88 Å². The first-order valence-electron chi connectivity index (χ1n) is 8.41. The Morgan fingerprint density at radius 3 is 2.40 bits per heavy atom. The smallest absolute Gasteiger partial charge is 0.255 e. The number of amides is 1. The van der Waals surface area contributed by atoms with Gasteiger partial charge in [0.2, 0.25) is 0 Å². The molecule has 5 heteroatoms. The van der Waals surface area contributed by atoms with Gasteiger partial charge >= 0.3 is 0 Å². The summed E-state index contributed by atoms with van der Waals surface area (Å²) in [5, 5.41) is 2.86. The molecule has 1 fully saturated rings. The molecular weight excluding hydrogens is 314 g/mol. The van der Waals surface area contributed by atoms with Gasteiger partial charge in [0.05, 0.1) is 11.0 Å². The van der Waals surface area contributed by atoms with Crippen LogP contribution in [0.3, 0.4) is 0 Å². The van der Waals surface area contributed by atoms with Crippen molar-refractivity contribution in [1.82, 2.24) is 9.55 Å². The number of aromatic nitrogens is 2. The number of imidazole rings is 1. The summed E-state index contributed by atoms with van der Waals surface area (Å²) in [5.74, 6) is 1.49. The van der Waals surface area contributed by atoms with Gasteiger partial charge in [0, 0.05) is 29.8 Å². The number of hydrogen-bond acceptors (Lipinski definition) is 3. The number of nitrogens with zero attached hydrogens (tertiary/aromatic N) is 2. The molecule has 25 heavy (non-hydrogen) atoms. The summed E-state index contributed by atoms with van der Waals surface area (Å²) in [4.78, 5) is 28.5. The Hall–Kier alpha value is -2.95. The van der Waals surface area contributed by atoms with Crippen molar-refractivity contribution in [1.29, 1.82) is 0 Å². The number of carbonyl (C=O) groups is 2. The molecule has 0 unspecified atom stereocenters. The fourth-order valence-electron chi connectivity index (χ4n) is 3.06. The number of aryl methyl sites for hydroxylation is 1. The Labute approximate surface area is 145 Å². The molecule has 5 nitrogen and oxygen atoms in total. The number of rotatable bonds is 4. The van der Waals surface area contributed by atoms with Gasteiger partial charge in [-0.2, -0.15) is 0 Å². The zero-order valence-corrected chi connectivity index (χ0v) is 14.2. The highest BCUT2D eigenvalue weighted by atomic mass is 16.1. The Balaban J connectivity index is 1.58. The second-order valence-corrected chi connectivity index (χ2v) is 6.59. The van der Waals surface area contributed by atoms with E-state index >= 15 is 0 Å². The molecule has 0 spiro atoms. The lowest BCUT2D eigenvalue weighted by Crippen LogP contribution is -2.11. The van der Waals surface area contributed by atoms with Gasteiger partial charge in [0.1, 0.15) is 5.82 Å². The SMILES string of the molecule is CC(=O)c1ccc(NC(=O)c2ccc3c(c2)nc(C2CC2)n3C)cc1. The highest BCUT2D eigenvalue weighted by Crippen LogP contribution is 2.40. The molecule has 1 aliphatic rings. The van der Waals surface area contributed by atoms with E-state index in [1.807, 2.05) is 25.2 Å². The van der Waals surface area contributed by atoms with Crippen LogP contribution in [0.25, 0.3) is 11.0 Å². The molecule has 1 amide bonds. The van der Waals surface area contributed by atoms with E-state index in [1.54, 1.807) is 24.3 Å². The number of Topliss-reactive ketones (excluding diaryl/α,β-unsaturated/α-hetero) is 1. The van der Waals surface area contributed by atoms with Crippen molar-refractivity contribution in [3.63, 3.8) is 0 Å². The minimum absolute atomic E-state index is 0.00458. The normalized spacial score (nSPS) is 13.8. The maximum absolute atomic E-state index is 12.5. The predicted molar refractivity (Wildman–Crippen MR) is 97.1 cm³/mol. The third-order valence-electron chi connectivity index (χ3n) is 4.67. The lowest BCUT2D eigenvalue weighted by atomic mass is 10.1. The fraction of sp³-hybridized carbons (Fsp3) is 0.250. The van der Waals surface area contributed by atoms with Gasteiger partial charge in [0.15, 0.2) is 5.78 Å². The van der Waals surface area contributed by atoms with Crippen molar-refractivity contribution < 1.29 is 9.59 Å². The standard InChI is InChI=1S/C20H19N3O2/c1-12(24)13-5-8-16(9-6-13)21-20(25)15-7-10-18-17(11-15)22-19(23(18)2)14-3-4-14/h5-11,14H,3-4H2,1-2H3,(H,21,25). The number of anilines is 1. The van der Waals surface area contributed by atoms with E-state index in [-0.39, 0.29) is 11.7 Å². The molecule has 1 aliphatic carbocycles. The van der Waals surface area contributed by atoms with Crippen molar-refractivity contribution in [2.24, 2.45) is 7.05 Å². The minimum Gasteiger partial charge on any atom is -0.331 e. The predicted octanol–water partition coefficient (Wildman–Crippen LogP) is 3.91. The van der Waals surface area contributed by atoms with Crippen LogP contribution in [0.1, 0.15) is 52.2 Å². The minimum atomic E-state index is -0.184. The van der Waals surface area contributed by atoms with E-state index in [4.69, 9.17) is 4.98 Å². The molecule has 2 aromatic carbocycles. The summed E-state index contributed by atoms with van der Waals surface area (Å²) in [7, 11) is 2.03. The number of nitrogens with one attached hydrogen (secondary N) is 1. The summed E-state index contributed by atoms with van der Waals surface area (Å²) < 4.78 is 2.12. The van der Waals surface area contributed by atoms with Crippen LogP contribution in [0.4, 0.5) is 5.69 Å². The van der Waals surface area contributed by atoms with Crippen LogP contribution in [0, 0.1) is 0 Å². The largest absolute Gasteiger partial charge is 0.331 e. The first-order chi connectivity index (χ1) is 12.0. The molecule has 3 aromatic rings.